The van der Waals surface area contributed by atoms with Gasteiger partial charge in [-0.1, -0.05) is 25.4 Å². The van der Waals surface area contributed by atoms with Crippen molar-refractivity contribution in [3.05, 3.63) is 38.9 Å². The normalized spacial score (nSPS) is 20.6. The number of nitrogens with zero attached hydrogens (tertiary/aromatic N) is 1. The highest BCUT2D eigenvalue weighted by atomic mass is 35.5. The fourth-order valence-electron chi connectivity index (χ4n) is 2.62. The van der Waals surface area contributed by atoms with E-state index < -0.39 is 4.92 Å². The molecular formula is C14H17ClN2O3. The van der Waals surface area contributed by atoms with Crippen LogP contribution >= 0.6 is 11.6 Å². The molecule has 1 amide bonds. The van der Waals surface area contributed by atoms with Crippen LogP contribution in [0.25, 0.3) is 0 Å². The summed E-state index contributed by atoms with van der Waals surface area (Å²) in [6, 6.07) is 4.04. The van der Waals surface area contributed by atoms with Gasteiger partial charge in [-0.05, 0) is 30.7 Å². The number of carbonyl (C=O) groups is 1. The molecule has 1 N–H and O–H groups in total. The lowest BCUT2D eigenvalue weighted by Crippen LogP contribution is -2.33. The van der Waals surface area contributed by atoms with Gasteiger partial charge in [-0.25, -0.2) is 0 Å². The highest BCUT2D eigenvalue weighted by Crippen LogP contribution is 2.37. The van der Waals surface area contributed by atoms with Gasteiger partial charge in [0.2, 0.25) is 0 Å². The molecule has 2 rings (SSSR count). The third kappa shape index (κ3) is 3.28. The summed E-state index contributed by atoms with van der Waals surface area (Å²) < 4.78 is 0. The quantitative estimate of drug-likeness (QED) is 0.684. The molecule has 0 aliphatic heterocycles. The first-order valence-corrected chi connectivity index (χ1v) is 6.91. The molecule has 0 heterocycles. The van der Waals surface area contributed by atoms with E-state index in [1.807, 2.05) is 0 Å². The molecule has 1 saturated carbocycles. The number of rotatable bonds is 3. The van der Waals surface area contributed by atoms with Gasteiger partial charge in [0.1, 0.15) is 0 Å². The summed E-state index contributed by atoms with van der Waals surface area (Å²) in [6.45, 7) is 4.36. The van der Waals surface area contributed by atoms with Crippen molar-refractivity contribution >= 4 is 23.2 Å². The van der Waals surface area contributed by atoms with E-state index in [-0.39, 0.29) is 33.6 Å². The van der Waals surface area contributed by atoms with Crippen LogP contribution in [0.4, 0.5) is 5.69 Å². The van der Waals surface area contributed by atoms with Crippen LogP contribution in [-0.2, 0) is 0 Å². The van der Waals surface area contributed by atoms with Crippen LogP contribution in [0.2, 0.25) is 5.02 Å². The van der Waals surface area contributed by atoms with Crippen LogP contribution in [-0.4, -0.2) is 16.9 Å². The van der Waals surface area contributed by atoms with Gasteiger partial charge in [0.05, 0.1) is 15.5 Å². The smallest absolute Gasteiger partial charge is 0.270 e. The summed E-state index contributed by atoms with van der Waals surface area (Å²) in [5.41, 5.74) is 0.410. The monoisotopic (exact) mass is 296 g/mol. The summed E-state index contributed by atoms with van der Waals surface area (Å²) in [6.07, 6.45) is 2.96. The molecule has 20 heavy (non-hydrogen) atoms. The summed E-state index contributed by atoms with van der Waals surface area (Å²) in [5, 5.41) is 13.7. The maximum absolute atomic E-state index is 12.1. The predicted molar refractivity (Wildman–Crippen MR) is 77.0 cm³/mol. The summed E-state index contributed by atoms with van der Waals surface area (Å²) >= 11 is 5.94. The van der Waals surface area contributed by atoms with Crippen molar-refractivity contribution in [3.8, 4) is 0 Å². The fourth-order valence-corrected chi connectivity index (χ4v) is 2.88. The first kappa shape index (κ1) is 14.8. The van der Waals surface area contributed by atoms with E-state index in [9.17, 15) is 14.9 Å². The van der Waals surface area contributed by atoms with Crippen LogP contribution < -0.4 is 5.32 Å². The molecule has 1 aromatic carbocycles. The van der Waals surface area contributed by atoms with Gasteiger partial charge in [-0.2, -0.15) is 0 Å². The van der Waals surface area contributed by atoms with E-state index in [0.717, 1.165) is 19.3 Å². The molecule has 1 aliphatic rings. The molecule has 1 aromatic rings. The summed E-state index contributed by atoms with van der Waals surface area (Å²) in [5.74, 6) is -0.271. The minimum atomic E-state index is -0.535. The molecule has 0 bridgehead atoms. The van der Waals surface area contributed by atoms with Gasteiger partial charge >= 0.3 is 0 Å². The van der Waals surface area contributed by atoms with Gasteiger partial charge in [0, 0.05) is 18.2 Å². The molecule has 0 saturated heterocycles. The number of benzene rings is 1. The van der Waals surface area contributed by atoms with Crippen molar-refractivity contribution < 1.29 is 9.72 Å². The third-order valence-electron chi connectivity index (χ3n) is 3.71. The Labute approximate surface area is 122 Å². The maximum Gasteiger partial charge on any atom is 0.270 e. The molecule has 0 aromatic heterocycles. The molecule has 108 valence electrons. The molecule has 6 heteroatoms. The number of carbonyl (C=O) groups excluding carboxylic acids is 1. The number of nitro groups is 1. The van der Waals surface area contributed by atoms with Crippen molar-refractivity contribution in [2.24, 2.45) is 5.41 Å². The van der Waals surface area contributed by atoms with Gasteiger partial charge < -0.3 is 5.32 Å². The standard InChI is InChI=1S/C14H17ClN2O3/c1-14(2)6-5-9(8-14)16-13(18)11-4-3-10(17(19)20)7-12(11)15/h3-4,7,9H,5-6,8H2,1-2H3,(H,16,18). The number of nitrogens with one attached hydrogen (secondary N) is 1. The van der Waals surface area contributed by atoms with Crippen molar-refractivity contribution in [1.29, 1.82) is 0 Å². The van der Waals surface area contributed by atoms with Gasteiger partial charge in [-0.15, -0.1) is 0 Å². The molecule has 1 atom stereocenters. The Morgan fingerprint density at radius 2 is 2.20 bits per heavy atom. The number of hydrogen-bond acceptors (Lipinski definition) is 3. The Morgan fingerprint density at radius 3 is 2.70 bits per heavy atom. The number of nitro benzene ring substituents is 1. The van der Waals surface area contributed by atoms with Crippen molar-refractivity contribution in [3.63, 3.8) is 0 Å². The molecule has 1 fully saturated rings. The van der Waals surface area contributed by atoms with E-state index in [4.69, 9.17) is 11.6 Å². The Kier molecular flexibility index (Phi) is 3.99. The largest absolute Gasteiger partial charge is 0.349 e. The molecule has 1 unspecified atom stereocenters. The van der Waals surface area contributed by atoms with E-state index in [1.54, 1.807) is 0 Å². The third-order valence-corrected chi connectivity index (χ3v) is 4.02. The lowest BCUT2D eigenvalue weighted by molar-refractivity contribution is -0.384. The maximum atomic E-state index is 12.1. The molecule has 5 nitrogen and oxygen atoms in total. The molecule has 0 spiro atoms. The topological polar surface area (TPSA) is 72.2 Å². The van der Waals surface area contributed by atoms with Gasteiger partial charge in [0.15, 0.2) is 0 Å². The minimum absolute atomic E-state index is 0.106. The Hall–Kier alpha value is -1.62. The van der Waals surface area contributed by atoms with Crippen LogP contribution in [0.3, 0.4) is 0 Å². The second-order valence-corrected chi connectivity index (χ2v) is 6.41. The zero-order valence-electron chi connectivity index (χ0n) is 11.5. The second-order valence-electron chi connectivity index (χ2n) is 6.00. The van der Waals surface area contributed by atoms with Crippen LogP contribution in [0.15, 0.2) is 18.2 Å². The van der Waals surface area contributed by atoms with Crippen LogP contribution in [0.1, 0.15) is 43.5 Å². The highest BCUT2D eigenvalue weighted by molar-refractivity contribution is 6.34. The highest BCUT2D eigenvalue weighted by Gasteiger charge is 2.32. The van der Waals surface area contributed by atoms with Crippen LogP contribution in [0.5, 0.6) is 0 Å². The summed E-state index contributed by atoms with van der Waals surface area (Å²) in [4.78, 5) is 22.2. The Balaban J connectivity index is 2.08. The predicted octanol–water partition coefficient (Wildman–Crippen LogP) is 3.56. The Bertz CT molecular complexity index is 557. The van der Waals surface area contributed by atoms with Gasteiger partial charge in [0.25, 0.3) is 11.6 Å². The van der Waals surface area contributed by atoms with Crippen molar-refractivity contribution in [2.45, 2.75) is 39.2 Å². The first-order chi connectivity index (χ1) is 9.28. The number of hydrogen-bond donors (Lipinski definition) is 1. The second kappa shape index (κ2) is 5.40. The summed E-state index contributed by atoms with van der Waals surface area (Å²) in [7, 11) is 0. The lowest BCUT2D eigenvalue weighted by Gasteiger charge is -2.18. The van der Waals surface area contributed by atoms with Crippen molar-refractivity contribution in [2.75, 3.05) is 0 Å². The minimum Gasteiger partial charge on any atom is -0.349 e. The first-order valence-electron chi connectivity index (χ1n) is 6.53. The lowest BCUT2D eigenvalue weighted by atomic mass is 9.92. The molecule has 1 aliphatic carbocycles. The fraction of sp³-hybridized carbons (Fsp3) is 0.500. The zero-order valence-corrected chi connectivity index (χ0v) is 12.2. The van der Waals surface area contributed by atoms with Crippen molar-refractivity contribution in [1.82, 2.24) is 5.32 Å². The molecular weight excluding hydrogens is 280 g/mol. The number of amides is 1. The van der Waals surface area contributed by atoms with Gasteiger partial charge in [-0.3, -0.25) is 14.9 Å². The average Bonchev–Trinajstić information content (AvgIpc) is 2.68. The zero-order chi connectivity index (χ0) is 14.9. The van der Waals surface area contributed by atoms with E-state index in [0.29, 0.717) is 0 Å². The molecule has 0 radical (unpaired) electrons. The van der Waals surface area contributed by atoms with E-state index in [1.165, 1.54) is 18.2 Å². The number of halogens is 1. The number of non-ortho nitro benzene ring substituents is 1. The van der Waals surface area contributed by atoms with E-state index in [2.05, 4.69) is 19.2 Å². The average molecular weight is 297 g/mol. The van der Waals surface area contributed by atoms with Crippen LogP contribution in [0, 0.1) is 15.5 Å². The van der Waals surface area contributed by atoms with E-state index >= 15 is 0 Å². The Morgan fingerprint density at radius 1 is 1.50 bits per heavy atom. The SMILES string of the molecule is CC1(C)CCC(NC(=O)c2ccc([N+](=O)[O-])cc2Cl)C1.